The zero-order valence-corrected chi connectivity index (χ0v) is 10.7. The summed E-state index contributed by atoms with van der Waals surface area (Å²) in [6, 6.07) is 6.15. The Morgan fingerprint density at radius 2 is 2.00 bits per heavy atom. The number of carboxylic acid groups (broad SMARTS) is 1. The van der Waals surface area contributed by atoms with Crippen molar-refractivity contribution >= 4 is 29.2 Å². The van der Waals surface area contributed by atoms with E-state index in [0.717, 1.165) is 6.07 Å². The van der Waals surface area contributed by atoms with Crippen molar-refractivity contribution in [2.75, 3.05) is 5.32 Å². The van der Waals surface area contributed by atoms with Crippen LogP contribution in [0.4, 0.5) is 10.1 Å². The number of nitrogens with one attached hydrogen (secondary N) is 1. The third kappa shape index (κ3) is 3.10. The molecule has 5 nitrogen and oxygen atoms in total. The summed E-state index contributed by atoms with van der Waals surface area (Å²) in [7, 11) is 0. The molecule has 102 valence electrons. The van der Waals surface area contributed by atoms with Crippen LogP contribution in [0.3, 0.4) is 0 Å². The van der Waals surface area contributed by atoms with Crippen LogP contribution in [0.1, 0.15) is 20.8 Å². The molecule has 0 saturated carbocycles. The highest BCUT2D eigenvalue weighted by Crippen LogP contribution is 2.17. The van der Waals surface area contributed by atoms with Crippen LogP contribution in [0.25, 0.3) is 0 Å². The Kier molecular flexibility index (Phi) is 3.95. The highest BCUT2D eigenvalue weighted by atomic mass is 35.5. The first kappa shape index (κ1) is 14.0. The van der Waals surface area contributed by atoms with Gasteiger partial charge in [0, 0.05) is 16.9 Å². The molecule has 1 heterocycles. The summed E-state index contributed by atoms with van der Waals surface area (Å²) in [4.78, 5) is 26.3. The van der Waals surface area contributed by atoms with Crippen molar-refractivity contribution in [1.29, 1.82) is 0 Å². The number of rotatable bonds is 3. The predicted octanol–water partition coefficient (Wildman–Crippen LogP) is 2.82. The quantitative estimate of drug-likeness (QED) is 0.912. The van der Waals surface area contributed by atoms with E-state index in [1.165, 1.54) is 30.5 Å². The van der Waals surface area contributed by atoms with Gasteiger partial charge in [0.15, 0.2) is 0 Å². The summed E-state index contributed by atoms with van der Waals surface area (Å²) < 4.78 is 13.5. The fraction of sp³-hybridized carbons (Fsp3) is 0. The molecular formula is C13H8ClFN2O3. The number of hydrogen-bond acceptors (Lipinski definition) is 3. The molecule has 0 aliphatic rings. The number of hydrogen-bond donors (Lipinski definition) is 2. The van der Waals surface area contributed by atoms with Crippen molar-refractivity contribution in [3.63, 3.8) is 0 Å². The first-order valence-corrected chi connectivity index (χ1v) is 5.81. The van der Waals surface area contributed by atoms with Crippen LogP contribution in [0.15, 0.2) is 36.5 Å². The number of carbonyl (C=O) groups is 2. The summed E-state index contributed by atoms with van der Waals surface area (Å²) >= 11 is 5.70. The van der Waals surface area contributed by atoms with Crippen molar-refractivity contribution < 1.29 is 19.1 Å². The van der Waals surface area contributed by atoms with Gasteiger partial charge in [-0.3, -0.25) is 4.79 Å². The number of benzene rings is 1. The van der Waals surface area contributed by atoms with Gasteiger partial charge in [0.2, 0.25) is 0 Å². The first-order chi connectivity index (χ1) is 9.47. The molecule has 0 saturated heterocycles. The van der Waals surface area contributed by atoms with E-state index in [1.54, 1.807) is 0 Å². The second-order valence-corrected chi connectivity index (χ2v) is 4.25. The molecule has 1 aromatic heterocycles. The van der Waals surface area contributed by atoms with Crippen molar-refractivity contribution in [3.8, 4) is 0 Å². The smallest absolute Gasteiger partial charge is 0.354 e. The summed E-state index contributed by atoms with van der Waals surface area (Å²) in [6.45, 7) is 0. The van der Waals surface area contributed by atoms with Crippen LogP contribution in [-0.2, 0) is 0 Å². The molecule has 0 fully saturated rings. The van der Waals surface area contributed by atoms with Crippen LogP contribution in [0, 0.1) is 5.82 Å². The fourth-order valence-corrected chi connectivity index (χ4v) is 1.67. The number of aromatic nitrogens is 1. The summed E-state index contributed by atoms with van der Waals surface area (Å²) in [5, 5.41) is 11.4. The number of anilines is 1. The maximum atomic E-state index is 13.5. The molecule has 2 N–H and O–H groups in total. The van der Waals surface area contributed by atoms with Crippen molar-refractivity contribution in [1.82, 2.24) is 4.98 Å². The van der Waals surface area contributed by atoms with E-state index in [-0.39, 0.29) is 22.0 Å². The monoisotopic (exact) mass is 294 g/mol. The lowest BCUT2D eigenvalue weighted by Crippen LogP contribution is -2.14. The minimum Gasteiger partial charge on any atom is -0.477 e. The van der Waals surface area contributed by atoms with Crippen LogP contribution < -0.4 is 5.32 Å². The van der Waals surface area contributed by atoms with Gasteiger partial charge >= 0.3 is 5.97 Å². The molecule has 0 aliphatic carbocycles. The average Bonchev–Trinajstić information content (AvgIpc) is 2.41. The van der Waals surface area contributed by atoms with Crippen LogP contribution in [0.5, 0.6) is 0 Å². The van der Waals surface area contributed by atoms with Gasteiger partial charge in [0.25, 0.3) is 5.91 Å². The minimum atomic E-state index is -1.23. The third-order valence-electron chi connectivity index (χ3n) is 2.41. The minimum absolute atomic E-state index is 0.196. The Hall–Kier alpha value is -2.47. The van der Waals surface area contributed by atoms with E-state index in [4.69, 9.17) is 16.7 Å². The number of carboxylic acids is 1. The Morgan fingerprint density at radius 1 is 1.25 bits per heavy atom. The van der Waals surface area contributed by atoms with E-state index in [1.807, 2.05) is 0 Å². The van der Waals surface area contributed by atoms with Crippen LogP contribution >= 0.6 is 11.6 Å². The molecular weight excluding hydrogens is 287 g/mol. The van der Waals surface area contributed by atoms with Crippen molar-refractivity contribution in [2.24, 2.45) is 0 Å². The molecule has 0 unspecified atom stereocenters. The van der Waals surface area contributed by atoms with E-state index in [0.29, 0.717) is 0 Å². The number of pyridine rings is 1. The number of amides is 1. The van der Waals surface area contributed by atoms with E-state index in [9.17, 15) is 14.0 Å². The normalized spacial score (nSPS) is 10.1. The lowest BCUT2D eigenvalue weighted by atomic mass is 10.2. The third-order valence-corrected chi connectivity index (χ3v) is 2.65. The Labute approximate surface area is 118 Å². The Balaban J connectivity index is 2.25. The van der Waals surface area contributed by atoms with Crippen molar-refractivity contribution in [3.05, 3.63) is 58.6 Å². The number of nitrogens with zero attached hydrogens (tertiary/aromatic N) is 1. The van der Waals surface area contributed by atoms with Gasteiger partial charge in [-0.1, -0.05) is 11.6 Å². The largest absolute Gasteiger partial charge is 0.477 e. The molecule has 1 amide bonds. The topological polar surface area (TPSA) is 79.3 Å². The zero-order valence-electron chi connectivity index (χ0n) is 9.93. The number of halogens is 2. The number of aromatic carboxylic acids is 1. The first-order valence-electron chi connectivity index (χ1n) is 5.43. The van der Waals surface area contributed by atoms with Gasteiger partial charge in [-0.05, 0) is 30.3 Å². The molecule has 0 aliphatic heterocycles. The lowest BCUT2D eigenvalue weighted by Gasteiger charge is -2.07. The second-order valence-electron chi connectivity index (χ2n) is 3.81. The molecule has 0 radical (unpaired) electrons. The molecule has 0 atom stereocenters. The summed E-state index contributed by atoms with van der Waals surface area (Å²) in [5.41, 5.74) is -0.262. The van der Waals surface area contributed by atoms with Crippen LogP contribution in [-0.4, -0.2) is 22.0 Å². The lowest BCUT2D eigenvalue weighted by molar-refractivity contribution is 0.0690. The molecule has 20 heavy (non-hydrogen) atoms. The Morgan fingerprint density at radius 3 is 2.70 bits per heavy atom. The van der Waals surface area contributed by atoms with E-state index >= 15 is 0 Å². The summed E-state index contributed by atoms with van der Waals surface area (Å²) in [5.74, 6) is -2.68. The SMILES string of the molecule is O=C(O)c1cc(NC(=O)c2cc(Cl)ccc2F)ccn1. The highest BCUT2D eigenvalue weighted by molar-refractivity contribution is 6.31. The van der Waals surface area contributed by atoms with Crippen molar-refractivity contribution in [2.45, 2.75) is 0 Å². The standard InChI is InChI=1S/C13H8ClFN2O3/c14-7-1-2-10(15)9(5-7)12(18)17-8-3-4-16-11(6-8)13(19)20/h1-6H,(H,19,20)(H,16,17,18). The molecule has 0 bridgehead atoms. The van der Waals surface area contributed by atoms with Gasteiger partial charge in [0.05, 0.1) is 5.56 Å². The predicted molar refractivity (Wildman–Crippen MR) is 70.6 cm³/mol. The van der Waals surface area contributed by atoms with Gasteiger partial charge in [-0.25, -0.2) is 14.2 Å². The fourth-order valence-electron chi connectivity index (χ4n) is 1.50. The second kappa shape index (κ2) is 5.66. The Bertz CT molecular complexity index is 691. The van der Waals surface area contributed by atoms with Gasteiger partial charge < -0.3 is 10.4 Å². The van der Waals surface area contributed by atoms with E-state index in [2.05, 4.69) is 10.3 Å². The molecule has 2 rings (SSSR count). The average molecular weight is 295 g/mol. The molecule has 7 heteroatoms. The highest BCUT2D eigenvalue weighted by Gasteiger charge is 2.13. The van der Waals surface area contributed by atoms with Gasteiger partial charge in [-0.15, -0.1) is 0 Å². The van der Waals surface area contributed by atoms with Gasteiger partial charge in [-0.2, -0.15) is 0 Å². The molecule has 1 aromatic carbocycles. The van der Waals surface area contributed by atoms with E-state index < -0.39 is 17.7 Å². The zero-order chi connectivity index (χ0) is 14.7. The number of carbonyl (C=O) groups excluding carboxylic acids is 1. The maximum Gasteiger partial charge on any atom is 0.354 e. The van der Waals surface area contributed by atoms with Gasteiger partial charge in [0.1, 0.15) is 11.5 Å². The summed E-state index contributed by atoms with van der Waals surface area (Å²) in [6.07, 6.45) is 1.23. The molecule has 2 aromatic rings. The molecule has 0 spiro atoms. The van der Waals surface area contributed by atoms with Crippen LogP contribution in [0.2, 0.25) is 5.02 Å². The maximum absolute atomic E-state index is 13.5.